The van der Waals surface area contributed by atoms with Crippen molar-refractivity contribution in [1.82, 2.24) is 5.32 Å². The maximum absolute atomic E-state index is 12.8. The van der Waals surface area contributed by atoms with Crippen molar-refractivity contribution in [3.8, 4) is 0 Å². The summed E-state index contributed by atoms with van der Waals surface area (Å²) >= 11 is 3.33. The first-order valence-corrected chi connectivity index (χ1v) is 6.37. The number of benzene rings is 1. The third kappa shape index (κ3) is 3.93. The quantitative estimate of drug-likeness (QED) is 0.655. The smallest absolute Gasteiger partial charge is 0.251 e. The molecule has 1 amide bonds. The highest BCUT2D eigenvalue weighted by Gasteiger charge is 2.08. The maximum atomic E-state index is 12.8. The largest absolute Gasteiger partial charge is 0.352 e. The van der Waals surface area contributed by atoms with Gasteiger partial charge in [0.25, 0.3) is 5.91 Å². The van der Waals surface area contributed by atoms with Crippen LogP contribution in [0.3, 0.4) is 0 Å². The highest BCUT2D eigenvalue weighted by atomic mass is 79.9. The Hall–Kier alpha value is -0.900. The molecule has 0 aliphatic carbocycles. The van der Waals surface area contributed by atoms with Gasteiger partial charge in [-0.2, -0.15) is 0 Å². The molecule has 4 heteroatoms. The Morgan fingerprint density at radius 3 is 2.81 bits per heavy atom. The van der Waals surface area contributed by atoms with Crippen LogP contribution in [-0.2, 0) is 0 Å². The standard InChI is InChI=1S/C12H15BrFNO/c1-9-8-10(14)4-5-11(9)12(16)15-7-3-2-6-13/h4-5,8H,2-3,6-7H2,1H3,(H,15,16). The zero-order chi connectivity index (χ0) is 12.0. The molecule has 0 fully saturated rings. The molecule has 1 aromatic rings. The molecule has 0 spiro atoms. The Labute approximate surface area is 103 Å². The molecule has 0 aromatic heterocycles. The molecular weight excluding hydrogens is 273 g/mol. The van der Waals surface area contributed by atoms with Gasteiger partial charge in [-0.1, -0.05) is 15.9 Å². The molecule has 0 saturated carbocycles. The zero-order valence-electron chi connectivity index (χ0n) is 9.22. The summed E-state index contributed by atoms with van der Waals surface area (Å²) in [5.74, 6) is -0.444. The second kappa shape index (κ2) is 6.63. The SMILES string of the molecule is Cc1cc(F)ccc1C(=O)NCCCCBr. The van der Waals surface area contributed by atoms with Gasteiger partial charge in [-0.25, -0.2) is 4.39 Å². The molecule has 2 nitrogen and oxygen atoms in total. The lowest BCUT2D eigenvalue weighted by molar-refractivity contribution is 0.0952. The lowest BCUT2D eigenvalue weighted by Gasteiger charge is -2.07. The first-order valence-electron chi connectivity index (χ1n) is 5.25. The molecule has 0 aliphatic heterocycles. The van der Waals surface area contributed by atoms with Gasteiger partial charge in [0, 0.05) is 17.4 Å². The Morgan fingerprint density at radius 1 is 1.44 bits per heavy atom. The molecule has 0 aliphatic rings. The Bertz CT molecular complexity index is 368. The molecule has 0 atom stereocenters. The van der Waals surface area contributed by atoms with Gasteiger partial charge in [-0.05, 0) is 43.5 Å². The summed E-state index contributed by atoms with van der Waals surface area (Å²) in [6.45, 7) is 2.39. The summed E-state index contributed by atoms with van der Waals surface area (Å²) in [4.78, 5) is 11.7. The van der Waals surface area contributed by atoms with Crippen LogP contribution in [0.4, 0.5) is 4.39 Å². The Kier molecular flexibility index (Phi) is 5.46. The molecule has 88 valence electrons. The van der Waals surface area contributed by atoms with E-state index in [1.54, 1.807) is 6.92 Å². The van der Waals surface area contributed by atoms with Gasteiger partial charge in [0.1, 0.15) is 5.82 Å². The molecule has 0 radical (unpaired) electrons. The van der Waals surface area contributed by atoms with Crippen molar-refractivity contribution in [1.29, 1.82) is 0 Å². The minimum atomic E-state index is -0.312. The van der Waals surface area contributed by atoms with Crippen LogP contribution in [-0.4, -0.2) is 17.8 Å². The molecule has 0 bridgehead atoms. The fourth-order valence-electron chi connectivity index (χ4n) is 1.40. The average molecular weight is 288 g/mol. The summed E-state index contributed by atoms with van der Waals surface area (Å²) in [6, 6.07) is 4.19. The topological polar surface area (TPSA) is 29.1 Å². The number of aryl methyl sites for hydroxylation is 1. The van der Waals surface area contributed by atoms with E-state index in [4.69, 9.17) is 0 Å². The van der Waals surface area contributed by atoms with E-state index in [0.29, 0.717) is 17.7 Å². The van der Waals surface area contributed by atoms with Crippen molar-refractivity contribution in [3.05, 3.63) is 35.1 Å². The third-order valence-corrected chi connectivity index (χ3v) is 2.84. The second-order valence-electron chi connectivity index (χ2n) is 3.61. The van der Waals surface area contributed by atoms with E-state index in [9.17, 15) is 9.18 Å². The van der Waals surface area contributed by atoms with E-state index in [2.05, 4.69) is 21.2 Å². The van der Waals surface area contributed by atoms with Crippen molar-refractivity contribution < 1.29 is 9.18 Å². The number of alkyl halides is 1. The minimum absolute atomic E-state index is 0.132. The van der Waals surface area contributed by atoms with Gasteiger partial charge >= 0.3 is 0 Å². The molecule has 0 heterocycles. The monoisotopic (exact) mass is 287 g/mol. The fraction of sp³-hybridized carbons (Fsp3) is 0.417. The average Bonchev–Trinajstić information content (AvgIpc) is 2.24. The van der Waals surface area contributed by atoms with Crippen LogP contribution < -0.4 is 5.32 Å². The predicted octanol–water partition coefficient (Wildman–Crippen LogP) is 3.04. The lowest BCUT2D eigenvalue weighted by atomic mass is 10.1. The number of rotatable bonds is 5. The summed E-state index contributed by atoms with van der Waals surface area (Å²) in [5.41, 5.74) is 1.21. The second-order valence-corrected chi connectivity index (χ2v) is 4.40. The number of halogens is 2. The van der Waals surface area contributed by atoms with Crippen LogP contribution in [0.5, 0.6) is 0 Å². The van der Waals surface area contributed by atoms with E-state index < -0.39 is 0 Å². The van der Waals surface area contributed by atoms with Gasteiger partial charge in [-0.3, -0.25) is 4.79 Å². The highest BCUT2D eigenvalue weighted by molar-refractivity contribution is 9.09. The summed E-state index contributed by atoms with van der Waals surface area (Å²) in [7, 11) is 0. The summed E-state index contributed by atoms with van der Waals surface area (Å²) < 4.78 is 12.8. The van der Waals surface area contributed by atoms with Crippen LogP contribution in [0.15, 0.2) is 18.2 Å². The lowest BCUT2D eigenvalue weighted by Crippen LogP contribution is -2.25. The van der Waals surface area contributed by atoms with Gasteiger partial charge in [0.05, 0.1) is 0 Å². The minimum Gasteiger partial charge on any atom is -0.352 e. The van der Waals surface area contributed by atoms with E-state index in [-0.39, 0.29) is 11.7 Å². The van der Waals surface area contributed by atoms with Gasteiger partial charge in [0.2, 0.25) is 0 Å². The number of nitrogens with one attached hydrogen (secondary N) is 1. The van der Waals surface area contributed by atoms with Gasteiger partial charge in [-0.15, -0.1) is 0 Å². The fourth-order valence-corrected chi connectivity index (χ4v) is 1.79. The molecule has 1 aromatic carbocycles. The van der Waals surface area contributed by atoms with Crippen molar-refractivity contribution in [3.63, 3.8) is 0 Å². The van der Waals surface area contributed by atoms with E-state index in [0.717, 1.165) is 18.2 Å². The molecule has 1 N–H and O–H groups in total. The Morgan fingerprint density at radius 2 is 2.19 bits per heavy atom. The first-order chi connectivity index (χ1) is 7.65. The van der Waals surface area contributed by atoms with Gasteiger partial charge in [0.15, 0.2) is 0 Å². The normalized spacial score (nSPS) is 10.2. The number of carbonyl (C=O) groups excluding carboxylic acids is 1. The number of amides is 1. The van der Waals surface area contributed by atoms with Crippen LogP contribution >= 0.6 is 15.9 Å². The number of hydrogen-bond acceptors (Lipinski definition) is 1. The maximum Gasteiger partial charge on any atom is 0.251 e. The predicted molar refractivity (Wildman–Crippen MR) is 66.5 cm³/mol. The molecule has 16 heavy (non-hydrogen) atoms. The van der Waals surface area contributed by atoms with Crippen molar-refractivity contribution >= 4 is 21.8 Å². The third-order valence-electron chi connectivity index (χ3n) is 2.28. The molecule has 0 saturated heterocycles. The van der Waals surface area contributed by atoms with Crippen LogP contribution in [0.25, 0.3) is 0 Å². The van der Waals surface area contributed by atoms with Crippen molar-refractivity contribution in [2.75, 3.05) is 11.9 Å². The highest BCUT2D eigenvalue weighted by Crippen LogP contribution is 2.09. The molecular formula is C12H15BrFNO. The number of hydrogen-bond donors (Lipinski definition) is 1. The number of carbonyl (C=O) groups is 1. The summed E-state index contributed by atoms with van der Waals surface area (Å²) in [6.07, 6.45) is 1.97. The van der Waals surface area contributed by atoms with Crippen LogP contribution in [0, 0.1) is 12.7 Å². The van der Waals surface area contributed by atoms with Crippen molar-refractivity contribution in [2.24, 2.45) is 0 Å². The van der Waals surface area contributed by atoms with E-state index in [1.807, 2.05) is 0 Å². The van der Waals surface area contributed by atoms with Gasteiger partial charge < -0.3 is 5.32 Å². The first kappa shape index (κ1) is 13.2. The van der Waals surface area contributed by atoms with E-state index >= 15 is 0 Å². The summed E-state index contributed by atoms with van der Waals surface area (Å²) in [5, 5.41) is 3.75. The number of unbranched alkanes of at least 4 members (excludes halogenated alkanes) is 1. The van der Waals surface area contributed by atoms with Crippen molar-refractivity contribution in [2.45, 2.75) is 19.8 Å². The van der Waals surface area contributed by atoms with Crippen LogP contribution in [0.1, 0.15) is 28.8 Å². The molecule has 1 rings (SSSR count). The molecule has 0 unspecified atom stereocenters. The van der Waals surface area contributed by atoms with Crippen LogP contribution in [0.2, 0.25) is 0 Å². The van der Waals surface area contributed by atoms with E-state index in [1.165, 1.54) is 18.2 Å². The zero-order valence-corrected chi connectivity index (χ0v) is 10.8. The Balaban J connectivity index is 2.53.